The normalized spacial score (nSPS) is 14.7. The van der Waals surface area contributed by atoms with Crippen molar-refractivity contribution < 1.29 is 4.79 Å². The number of nitrogens with one attached hydrogen (secondary N) is 3. The van der Waals surface area contributed by atoms with E-state index < -0.39 is 6.04 Å². The molecule has 1 saturated carbocycles. The van der Waals surface area contributed by atoms with E-state index >= 15 is 0 Å². The van der Waals surface area contributed by atoms with Crippen LogP contribution in [0.3, 0.4) is 0 Å². The molecule has 1 unspecified atom stereocenters. The highest BCUT2D eigenvalue weighted by molar-refractivity contribution is 5.84. The lowest BCUT2D eigenvalue weighted by Crippen LogP contribution is -2.41. The molecule has 1 aliphatic rings. The predicted molar refractivity (Wildman–Crippen MR) is 134 cm³/mol. The summed E-state index contributed by atoms with van der Waals surface area (Å²) in [6, 6.07) is 12.7. The molecule has 2 aromatic heterocycles. The summed E-state index contributed by atoms with van der Waals surface area (Å²) >= 11 is 0. The van der Waals surface area contributed by atoms with Crippen molar-refractivity contribution in [1.29, 1.82) is 0 Å². The van der Waals surface area contributed by atoms with Crippen LogP contribution in [0.4, 0.5) is 17.5 Å². The number of rotatable bonds is 9. The molecular weight excluding hydrogens is 426 g/mol. The Hall–Kier alpha value is -3.86. The first kappa shape index (κ1) is 23.3. The first-order valence-corrected chi connectivity index (χ1v) is 11.9. The third kappa shape index (κ3) is 6.13. The summed E-state index contributed by atoms with van der Waals surface area (Å²) in [7, 11) is 1.78. The van der Waals surface area contributed by atoms with Gasteiger partial charge in [-0.2, -0.15) is 9.97 Å². The second kappa shape index (κ2) is 11.3. The highest BCUT2D eigenvalue weighted by Crippen LogP contribution is 2.28. The topological polar surface area (TPSA) is 88.2 Å². The lowest BCUT2D eigenvalue weighted by Gasteiger charge is -2.27. The van der Waals surface area contributed by atoms with Gasteiger partial charge < -0.3 is 20.5 Å². The van der Waals surface area contributed by atoms with Crippen molar-refractivity contribution in [2.45, 2.75) is 51.1 Å². The number of amides is 1. The summed E-state index contributed by atoms with van der Waals surface area (Å²) < 4.78 is 1.91. The van der Waals surface area contributed by atoms with E-state index in [0.717, 1.165) is 30.6 Å². The Morgan fingerprint density at radius 1 is 1.15 bits per heavy atom. The van der Waals surface area contributed by atoms with E-state index in [-0.39, 0.29) is 5.91 Å². The van der Waals surface area contributed by atoms with Gasteiger partial charge in [0.15, 0.2) is 5.69 Å². The van der Waals surface area contributed by atoms with Gasteiger partial charge in [0.25, 0.3) is 0 Å². The van der Waals surface area contributed by atoms with Crippen LogP contribution in [0, 0.1) is 12.5 Å². The van der Waals surface area contributed by atoms with Crippen molar-refractivity contribution in [2.24, 2.45) is 5.92 Å². The molecule has 1 fully saturated rings. The molecule has 3 aromatic rings. The maximum absolute atomic E-state index is 13.3. The molecule has 0 radical (unpaired) electrons. The molecule has 0 aliphatic heterocycles. The molecule has 0 spiro atoms. The molecule has 4 rings (SSSR count). The van der Waals surface area contributed by atoms with Gasteiger partial charge in [-0.1, -0.05) is 56.4 Å². The minimum Gasteiger partial charge on any atom is -0.358 e. The number of carbonyl (C=O) groups is 1. The fourth-order valence-corrected chi connectivity index (χ4v) is 4.41. The van der Waals surface area contributed by atoms with Gasteiger partial charge >= 0.3 is 0 Å². The average molecular weight is 458 g/mol. The predicted octanol–water partition coefficient (Wildman–Crippen LogP) is 4.93. The van der Waals surface area contributed by atoms with Crippen LogP contribution in [-0.4, -0.2) is 33.5 Å². The SMILES string of the molecule is [C-]#[N+]c1ccc(CNC(=O)C(CC2CCCCC2)Nc2cc(-n3cccc3)nc(NC)n2)cc1. The Labute approximate surface area is 200 Å². The van der Waals surface area contributed by atoms with Crippen molar-refractivity contribution in [1.82, 2.24) is 19.9 Å². The van der Waals surface area contributed by atoms with Crippen LogP contribution in [0.15, 0.2) is 54.9 Å². The minimum absolute atomic E-state index is 0.0491. The van der Waals surface area contributed by atoms with Crippen molar-refractivity contribution in [2.75, 3.05) is 17.7 Å². The Kier molecular flexibility index (Phi) is 7.76. The van der Waals surface area contributed by atoms with Crippen molar-refractivity contribution >= 4 is 23.4 Å². The molecule has 0 saturated heterocycles. The Bertz CT molecular complexity index is 1110. The Balaban J connectivity index is 1.51. The zero-order valence-electron chi connectivity index (χ0n) is 19.5. The molecule has 2 heterocycles. The van der Waals surface area contributed by atoms with Crippen molar-refractivity contribution in [3.05, 3.63) is 71.8 Å². The number of anilines is 2. The maximum Gasteiger partial charge on any atom is 0.242 e. The lowest BCUT2D eigenvalue weighted by atomic mass is 9.84. The highest BCUT2D eigenvalue weighted by atomic mass is 16.2. The molecule has 1 aliphatic carbocycles. The minimum atomic E-state index is -0.400. The van der Waals surface area contributed by atoms with Crippen molar-refractivity contribution in [3.63, 3.8) is 0 Å². The summed E-state index contributed by atoms with van der Waals surface area (Å²) in [5.41, 5.74) is 1.56. The Morgan fingerprint density at radius 2 is 1.88 bits per heavy atom. The van der Waals surface area contributed by atoms with Crippen molar-refractivity contribution in [3.8, 4) is 5.82 Å². The lowest BCUT2D eigenvalue weighted by molar-refractivity contribution is -0.122. The Morgan fingerprint density at radius 3 is 2.56 bits per heavy atom. The first-order chi connectivity index (χ1) is 16.6. The van der Waals surface area contributed by atoms with Crippen LogP contribution in [-0.2, 0) is 11.3 Å². The number of nitrogens with zero attached hydrogens (tertiary/aromatic N) is 4. The van der Waals surface area contributed by atoms with Crippen LogP contribution in [0.25, 0.3) is 10.7 Å². The zero-order valence-corrected chi connectivity index (χ0v) is 19.5. The summed E-state index contributed by atoms with van der Waals surface area (Å²) in [4.78, 5) is 25.8. The fourth-order valence-electron chi connectivity index (χ4n) is 4.41. The molecular formula is C26H31N7O. The van der Waals surface area contributed by atoms with Gasteiger partial charge in [0, 0.05) is 32.1 Å². The van der Waals surface area contributed by atoms with E-state index in [9.17, 15) is 4.79 Å². The second-order valence-electron chi connectivity index (χ2n) is 8.71. The summed E-state index contributed by atoms with van der Waals surface area (Å²) in [5, 5.41) is 9.49. The monoisotopic (exact) mass is 457 g/mol. The molecule has 34 heavy (non-hydrogen) atoms. The van der Waals surface area contributed by atoms with Gasteiger partial charge in [-0.05, 0) is 30.0 Å². The zero-order chi connectivity index (χ0) is 23.8. The molecule has 0 bridgehead atoms. The van der Waals surface area contributed by atoms with Crippen LogP contribution in [0.2, 0.25) is 0 Å². The van der Waals surface area contributed by atoms with E-state index in [4.69, 9.17) is 6.57 Å². The summed E-state index contributed by atoms with van der Waals surface area (Å²) in [6.45, 7) is 7.51. The quantitative estimate of drug-likeness (QED) is 0.397. The van der Waals surface area contributed by atoms with Crippen LogP contribution in [0.5, 0.6) is 0 Å². The van der Waals surface area contributed by atoms with E-state index in [1.807, 2.05) is 47.3 Å². The standard InChI is InChI=1S/C26H31N7O/c1-27-21-12-10-20(11-13-21)18-29-25(34)22(16-19-8-4-3-5-9-19)30-23-17-24(32-26(28-2)31-23)33-14-6-7-15-33/h6-7,10-15,17,19,22H,3-5,8-9,16,18H2,2H3,(H,29,34)(H2,28,30,31,32). The first-order valence-electron chi connectivity index (χ1n) is 11.9. The molecule has 1 aromatic carbocycles. The number of carbonyl (C=O) groups excluding carboxylic acids is 1. The molecule has 8 nitrogen and oxygen atoms in total. The van der Waals surface area contributed by atoms with Gasteiger partial charge in [-0.3, -0.25) is 4.79 Å². The van der Waals surface area contributed by atoms with Crippen LogP contribution >= 0.6 is 0 Å². The average Bonchev–Trinajstić information content (AvgIpc) is 3.43. The number of hydrogen-bond donors (Lipinski definition) is 3. The van der Waals surface area contributed by atoms with Gasteiger partial charge in [0.05, 0.1) is 6.57 Å². The number of benzene rings is 1. The van der Waals surface area contributed by atoms with E-state index in [0.29, 0.717) is 29.9 Å². The third-order valence-electron chi connectivity index (χ3n) is 6.27. The maximum atomic E-state index is 13.3. The number of aromatic nitrogens is 3. The van der Waals surface area contributed by atoms with Crippen LogP contribution < -0.4 is 16.0 Å². The molecule has 8 heteroatoms. The largest absolute Gasteiger partial charge is 0.358 e. The smallest absolute Gasteiger partial charge is 0.242 e. The molecule has 1 amide bonds. The summed E-state index contributed by atoms with van der Waals surface area (Å²) in [6.07, 6.45) is 10.7. The number of hydrogen-bond acceptors (Lipinski definition) is 5. The van der Waals surface area contributed by atoms with E-state index in [2.05, 4.69) is 30.8 Å². The van der Waals surface area contributed by atoms with Crippen LogP contribution in [0.1, 0.15) is 44.1 Å². The van der Waals surface area contributed by atoms with E-state index in [1.54, 1.807) is 19.2 Å². The second-order valence-corrected chi connectivity index (χ2v) is 8.71. The summed E-state index contributed by atoms with van der Waals surface area (Å²) in [5.74, 6) is 2.30. The van der Waals surface area contributed by atoms with Gasteiger partial charge in [0.2, 0.25) is 11.9 Å². The molecule has 3 N–H and O–H groups in total. The van der Waals surface area contributed by atoms with Gasteiger partial charge in [0.1, 0.15) is 17.7 Å². The fraction of sp³-hybridized carbons (Fsp3) is 0.385. The van der Waals surface area contributed by atoms with Gasteiger partial charge in [-0.25, -0.2) is 4.85 Å². The van der Waals surface area contributed by atoms with E-state index in [1.165, 1.54) is 19.3 Å². The third-order valence-corrected chi connectivity index (χ3v) is 6.27. The van der Waals surface area contributed by atoms with Gasteiger partial charge in [-0.15, -0.1) is 0 Å². The molecule has 1 atom stereocenters. The molecule has 176 valence electrons. The highest BCUT2D eigenvalue weighted by Gasteiger charge is 2.25.